The van der Waals surface area contributed by atoms with Crippen LogP contribution in [0.15, 0.2) is 12.3 Å². The van der Waals surface area contributed by atoms with Crippen molar-refractivity contribution in [3.05, 3.63) is 18.0 Å². The van der Waals surface area contributed by atoms with Crippen molar-refractivity contribution < 1.29 is 9.84 Å². The lowest BCUT2D eigenvalue weighted by Crippen LogP contribution is -2.36. The molecule has 1 heterocycles. The number of ether oxygens (including phenoxy) is 1. The normalized spacial score (nSPS) is 15.4. The molecule has 0 fully saturated rings. The summed E-state index contributed by atoms with van der Waals surface area (Å²) in [6.45, 7) is 6.46. The van der Waals surface area contributed by atoms with Crippen molar-refractivity contribution in [2.24, 2.45) is 0 Å². The number of methoxy groups -OCH3 is 1. The van der Waals surface area contributed by atoms with Crippen LogP contribution in [0.25, 0.3) is 0 Å². The largest absolute Gasteiger partial charge is 0.387 e. The van der Waals surface area contributed by atoms with Gasteiger partial charge in [-0.1, -0.05) is 6.92 Å². The molecule has 1 aromatic heterocycles. The molecule has 1 atom stereocenters. The summed E-state index contributed by atoms with van der Waals surface area (Å²) in [7, 11) is 1.60. The summed E-state index contributed by atoms with van der Waals surface area (Å²) in [4.78, 5) is 0. The SMILES string of the molecule is CCC(O)(COC)Cc1ccn(C(C)C)n1. The number of aliphatic hydroxyl groups is 1. The Morgan fingerprint density at radius 3 is 2.69 bits per heavy atom. The number of aromatic nitrogens is 2. The van der Waals surface area contributed by atoms with Gasteiger partial charge in [0.25, 0.3) is 0 Å². The van der Waals surface area contributed by atoms with E-state index in [9.17, 15) is 5.11 Å². The molecule has 1 N–H and O–H groups in total. The second-order valence-corrected chi connectivity index (χ2v) is 4.57. The van der Waals surface area contributed by atoms with Crippen LogP contribution in [0, 0.1) is 0 Å². The average Bonchev–Trinajstić information content (AvgIpc) is 2.66. The fourth-order valence-electron chi connectivity index (χ4n) is 1.64. The van der Waals surface area contributed by atoms with E-state index in [2.05, 4.69) is 18.9 Å². The summed E-state index contributed by atoms with van der Waals surface area (Å²) in [5.74, 6) is 0. The summed E-state index contributed by atoms with van der Waals surface area (Å²) in [6, 6.07) is 2.31. The van der Waals surface area contributed by atoms with Crippen molar-refractivity contribution in [2.75, 3.05) is 13.7 Å². The first kappa shape index (κ1) is 13.2. The Balaban J connectivity index is 2.70. The van der Waals surface area contributed by atoms with Crippen LogP contribution in [-0.4, -0.2) is 34.2 Å². The molecule has 4 heteroatoms. The van der Waals surface area contributed by atoms with Gasteiger partial charge >= 0.3 is 0 Å². The minimum Gasteiger partial charge on any atom is -0.387 e. The maximum Gasteiger partial charge on any atom is 0.0933 e. The van der Waals surface area contributed by atoms with Gasteiger partial charge in [-0.05, 0) is 26.3 Å². The summed E-state index contributed by atoms with van der Waals surface area (Å²) >= 11 is 0. The minimum atomic E-state index is -0.801. The van der Waals surface area contributed by atoms with E-state index >= 15 is 0 Å². The van der Waals surface area contributed by atoms with Crippen molar-refractivity contribution in [3.8, 4) is 0 Å². The van der Waals surface area contributed by atoms with E-state index in [1.165, 1.54) is 0 Å². The maximum absolute atomic E-state index is 10.2. The van der Waals surface area contributed by atoms with E-state index in [1.807, 2.05) is 23.9 Å². The molecule has 1 rings (SSSR count). The zero-order chi connectivity index (χ0) is 12.2. The van der Waals surface area contributed by atoms with Crippen LogP contribution in [-0.2, 0) is 11.2 Å². The first-order valence-electron chi connectivity index (χ1n) is 5.76. The van der Waals surface area contributed by atoms with Crippen molar-refractivity contribution in [1.82, 2.24) is 9.78 Å². The molecule has 0 aliphatic rings. The smallest absolute Gasteiger partial charge is 0.0933 e. The molecule has 16 heavy (non-hydrogen) atoms. The van der Waals surface area contributed by atoms with Gasteiger partial charge in [0.1, 0.15) is 0 Å². The highest BCUT2D eigenvalue weighted by molar-refractivity contribution is 5.04. The first-order valence-corrected chi connectivity index (χ1v) is 5.76. The molecule has 4 nitrogen and oxygen atoms in total. The third-order valence-corrected chi connectivity index (χ3v) is 2.77. The molecule has 0 aliphatic carbocycles. The van der Waals surface area contributed by atoms with E-state index in [4.69, 9.17) is 4.74 Å². The van der Waals surface area contributed by atoms with Crippen molar-refractivity contribution in [3.63, 3.8) is 0 Å². The predicted molar refractivity (Wildman–Crippen MR) is 63.4 cm³/mol. The second-order valence-electron chi connectivity index (χ2n) is 4.57. The molecule has 0 aliphatic heterocycles. The fraction of sp³-hybridized carbons (Fsp3) is 0.750. The summed E-state index contributed by atoms with van der Waals surface area (Å²) < 4.78 is 6.94. The molecule has 0 saturated carbocycles. The Bertz CT molecular complexity index is 323. The molecule has 1 unspecified atom stereocenters. The van der Waals surface area contributed by atoms with E-state index in [-0.39, 0.29) is 0 Å². The van der Waals surface area contributed by atoms with Gasteiger partial charge < -0.3 is 9.84 Å². The van der Waals surface area contributed by atoms with Crippen LogP contribution in [0.3, 0.4) is 0 Å². The van der Waals surface area contributed by atoms with E-state index in [0.717, 1.165) is 5.69 Å². The predicted octanol–water partition coefficient (Wildman–Crippen LogP) is 1.79. The highest BCUT2D eigenvalue weighted by Gasteiger charge is 2.26. The number of rotatable bonds is 6. The molecule has 1 aromatic rings. The lowest BCUT2D eigenvalue weighted by atomic mass is 9.96. The van der Waals surface area contributed by atoms with Crippen LogP contribution in [0.2, 0.25) is 0 Å². The highest BCUT2D eigenvalue weighted by atomic mass is 16.5. The molecule has 0 aromatic carbocycles. The quantitative estimate of drug-likeness (QED) is 0.804. The van der Waals surface area contributed by atoms with Crippen LogP contribution in [0.4, 0.5) is 0 Å². The Morgan fingerprint density at radius 2 is 2.25 bits per heavy atom. The number of hydrogen-bond acceptors (Lipinski definition) is 3. The first-order chi connectivity index (χ1) is 7.50. The molecule has 0 amide bonds. The highest BCUT2D eigenvalue weighted by Crippen LogP contribution is 2.17. The molecule has 0 radical (unpaired) electrons. The average molecular weight is 226 g/mol. The van der Waals surface area contributed by atoms with Crippen LogP contribution in [0.1, 0.15) is 38.9 Å². The summed E-state index contributed by atoms with van der Waals surface area (Å²) in [5, 5.41) is 14.7. The monoisotopic (exact) mass is 226 g/mol. The van der Waals surface area contributed by atoms with Crippen LogP contribution < -0.4 is 0 Å². The second kappa shape index (κ2) is 5.46. The third kappa shape index (κ3) is 3.32. The summed E-state index contributed by atoms with van der Waals surface area (Å²) in [5.41, 5.74) is 0.111. The van der Waals surface area contributed by atoms with Crippen LogP contribution >= 0.6 is 0 Å². The van der Waals surface area contributed by atoms with Gasteiger partial charge in [-0.15, -0.1) is 0 Å². The van der Waals surface area contributed by atoms with E-state index in [1.54, 1.807) is 7.11 Å². The third-order valence-electron chi connectivity index (χ3n) is 2.77. The topological polar surface area (TPSA) is 47.3 Å². The Kier molecular flexibility index (Phi) is 4.50. The Morgan fingerprint density at radius 1 is 1.56 bits per heavy atom. The van der Waals surface area contributed by atoms with Crippen molar-refractivity contribution in [2.45, 2.75) is 45.3 Å². The van der Waals surface area contributed by atoms with E-state index < -0.39 is 5.60 Å². The number of nitrogens with zero attached hydrogens (tertiary/aromatic N) is 2. The molecule has 0 saturated heterocycles. The van der Waals surface area contributed by atoms with E-state index in [0.29, 0.717) is 25.5 Å². The lowest BCUT2D eigenvalue weighted by Gasteiger charge is -2.24. The van der Waals surface area contributed by atoms with Gasteiger partial charge in [-0.2, -0.15) is 5.10 Å². The molecular weight excluding hydrogens is 204 g/mol. The fourth-order valence-corrected chi connectivity index (χ4v) is 1.64. The van der Waals surface area contributed by atoms with Crippen molar-refractivity contribution in [1.29, 1.82) is 0 Å². The zero-order valence-electron chi connectivity index (χ0n) is 10.6. The summed E-state index contributed by atoms with van der Waals surface area (Å²) in [6.07, 6.45) is 3.15. The molecule has 0 bridgehead atoms. The van der Waals surface area contributed by atoms with Gasteiger partial charge in [0.2, 0.25) is 0 Å². The standard InChI is InChI=1S/C12H22N2O2/c1-5-12(15,9-16-4)8-11-6-7-14(13-11)10(2)3/h6-7,10,15H,5,8-9H2,1-4H3. The molecule has 92 valence electrons. The van der Waals surface area contributed by atoms with Gasteiger partial charge in [0, 0.05) is 25.8 Å². The maximum atomic E-state index is 10.2. The van der Waals surface area contributed by atoms with Gasteiger partial charge in [-0.25, -0.2) is 0 Å². The van der Waals surface area contributed by atoms with Crippen LogP contribution in [0.5, 0.6) is 0 Å². The lowest BCUT2D eigenvalue weighted by molar-refractivity contribution is -0.0340. The zero-order valence-corrected chi connectivity index (χ0v) is 10.6. The Hall–Kier alpha value is -0.870. The van der Waals surface area contributed by atoms with Gasteiger partial charge in [0.05, 0.1) is 17.9 Å². The molecular formula is C12H22N2O2. The Labute approximate surface area is 97.2 Å². The number of hydrogen-bond donors (Lipinski definition) is 1. The van der Waals surface area contributed by atoms with Gasteiger partial charge in [-0.3, -0.25) is 4.68 Å². The van der Waals surface area contributed by atoms with Crippen molar-refractivity contribution >= 4 is 0 Å². The molecule has 0 spiro atoms. The van der Waals surface area contributed by atoms with Gasteiger partial charge in [0.15, 0.2) is 0 Å². The minimum absolute atomic E-state index is 0.345.